The molecule has 0 unspecified atom stereocenters. The predicted octanol–water partition coefficient (Wildman–Crippen LogP) is 1.59. The molecule has 0 fully saturated rings. The Morgan fingerprint density at radius 2 is 2.30 bits per heavy atom. The van der Waals surface area contributed by atoms with E-state index in [0.717, 1.165) is 6.42 Å². The van der Waals surface area contributed by atoms with Crippen molar-refractivity contribution in [3.8, 4) is 0 Å². The lowest BCUT2D eigenvalue weighted by Crippen LogP contribution is -2.12. The number of imidazole rings is 1. The molecule has 8 heteroatoms. The van der Waals surface area contributed by atoms with Gasteiger partial charge in [-0.05, 0) is 6.42 Å². The second-order valence-corrected chi connectivity index (χ2v) is 4.50. The van der Waals surface area contributed by atoms with E-state index in [1.54, 1.807) is 19.6 Å². The summed E-state index contributed by atoms with van der Waals surface area (Å²) in [5.41, 5.74) is 0.616. The summed E-state index contributed by atoms with van der Waals surface area (Å²) in [4.78, 5) is 14.8. The van der Waals surface area contributed by atoms with Crippen LogP contribution in [0.1, 0.15) is 19.0 Å². The van der Waals surface area contributed by atoms with Gasteiger partial charge in [0.2, 0.25) is 5.82 Å². The molecule has 0 saturated heterocycles. The number of anilines is 1. The molecule has 1 N–H and O–H groups in total. The standard InChI is InChI=1S/C12H18N6O2/c1-3-4-10-11(18(19)20)12(16(2)15-10)14-6-8-17-7-5-13-9-17/h5,7,9,14H,3-4,6,8H2,1-2H3. The van der Waals surface area contributed by atoms with Crippen LogP contribution in [-0.4, -0.2) is 30.8 Å². The van der Waals surface area contributed by atoms with E-state index in [4.69, 9.17) is 0 Å². The molecule has 0 aromatic carbocycles. The average Bonchev–Trinajstić information content (AvgIpc) is 2.99. The molecule has 0 spiro atoms. The van der Waals surface area contributed by atoms with Gasteiger partial charge in [0.25, 0.3) is 0 Å². The first-order valence-electron chi connectivity index (χ1n) is 6.53. The SMILES string of the molecule is CCCc1nn(C)c(NCCn2ccnc2)c1[N+](=O)[O-]. The Hall–Kier alpha value is -2.38. The van der Waals surface area contributed by atoms with Crippen LogP contribution in [0.15, 0.2) is 18.7 Å². The van der Waals surface area contributed by atoms with E-state index in [2.05, 4.69) is 15.4 Å². The first-order valence-corrected chi connectivity index (χ1v) is 6.53. The van der Waals surface area contributed by atoms with Gasteiger partial charge in [-0.1, -0.05) is 13.3 Å². The maximum atomic E-state index is 11.2. The van der Waals surface area contributed by atoms with E-state index in [9.17, 15) is 10.1 Å². The van der Waals surface area contributed by atoms with Gasteiger partial charge < -0.3 is 9.88 Å². The van der Waals surface area contributed by atoms with Crippen molar-refractivity contribution in [1.82, 2.24) is 19.3 Å². The van der Waals surface area contributed by atoms with Crippen LogP contribution >= 0.6 is 0 Å². The van der Waals surface area contributed by atoms with Gasteiger partial charge in [0.15, 0.2) is 0 Å². The number of aromatic nitrogens is 4. The van der Waals surface area contributed by atoms with Crippen LogP contribution in [0.2, 0.25) is 0 Å². The third-order valence-electron chi connectivity index (χ3n) is 2.98. The van der Waals surface area contributed by atoms with Crippen LogP contribution in [0, 0.1) is 10.1 Å². The molecule has 0 amide bonds. The average molecular weight is 278 g/mol. The van der Waals surface area contributed by atoms with Crippen molar-refractivity contribution in [2.75, 3.05) is 11.9 Å². The molecule has 0 bridgehead atoms. The van der Waals surface area contributed by atoms with Crippen molar-refractivity contribution in [3.05, 3.63) is 34.5 Å². The van der Waals surface area contributed by atoms with Crippen LogP contribution in [0.3, 0.4) is 0 Å². The lowest BCUT2D eigenvalue weighted by molar-refractivity contribution is -0.384. The lowest BCUT2D eigenvalue weighted by Gasteiger charge is -2.06. The molecule has 0 saturated carbocycles. The summed E-state index contributed by atoms with van der Waals surface area (Å²) >= 11 is 0. The van der Waals surface area contributed by atoms with Gasteiger partial charge in [-0.25, -0.2) is 9.67 Å². The number of nitro groups is 1. The van der Waals surface area contributed by atoms with Crippen molar-refractivity contribution in [1.29, 1.82) is 0 Å². The van der Waals surface area contributed by atoms with Crippen molar-refractivity contribution in [3.63, 3.8) is 0 Å². The van der Waals surface area contributed by atoms with Crippen LogP contribution in [-0.2, 0) is 20.0 Å². The topological polar surface area (TPSA) is 90.8 Å². The molecule has 8 nitrogen and oxygen atoms in total. The summed E-state index contributed by atoms with van der Waals surface area (Å²) in [6.07, 6.45) is 6.69. The highest BCUT2D eigenvalue weighted by atomic mass is 16.6. The van der Waals surface area contributed by atoms with Crippen molar-refractivity contribution in [2.24, 2.45) is 7.05 Å². The maximum Gasteiger partial charge on any atom is 0.333 e. The third-order valence-corrected chi connectivity index (χ3v) is 2.98. The minimum Gasteiger partial charge on any atom is -0.363 e. The zero-order valence-corrected chi connectivity index (χ0v) is 11.6. The maximum absolute atomic E-state index is 11.2. The fourth-order valence-corrected chi connectivity index (χ4v) is 2.09. The molecular formula is C12H18N6O2. The van der Waals surface area contributed by atoms with Crippen molar-refractivity contribution < 1.29 is 4.92 Å². The van der Waals surface area contributed by atoms with Gasteiger partial charge in [0.05, 0.1) is 11.3 Å². The molecule has 2 heterocycles. The van der Waals surface area contributed by atoms with Gasteiger partial charge in [0.1, 0.15) is 5.69 Å². The molecule has 0 aliphatic rings. The van der Waals surface area contributed by atoms with E-state index in [0.29, 0.717) is 31.0 Å². The summed E-state index contributed by atoms with van der Waals surface area (Å²) in [5.74, 6) is 0.457. The molecule has 2 aromatic heterocycles. The second-order valence-electron chi connectivity index (χ2n) is 4.50. The van der Waals surface area contributed by atoms with E-state index in [1.165, 1.54) is 4.68 Å². The number of nitrogens with zero attached hydrogens (tertiary/aromatic N) is 5. The fourth-order valence-electron chi connectivity index (χ4n) is 2.09. The molecule has 0 atom stereocenters. The first kappa shape index (κ1) is 14.0. The fraction of sp³-hybridized carbons (Fsp3) is 0.500. The Kier molecular flexibility index (Phi) is 4.34. The van der Waals surface area contributed by atoms with Crippen molar-refractivity contribution in [2.45, 2.75) is 26.3 Å². The van der Waals surface area contributed by atoms with Gasteiger partial charge >= 0.3 is 5.69 Å². The Balaban J connectivity index is 2.11. The Bertz CT molecular complexity index is 575. The van der Waals surface area contributed by atoms with Crippen LogP contribution in [0.5, 0.6) is 0 Å². The molecule has 108 valence electrons. The molecule has 2 rings (SSSR count). The quantitative estimate of drug-likeness (QED) is 0.613. The molecule has 0 radical (unpaired) electrons. The smallest absolute Gasteiger partial charge is 0.333 e. The number of nitrogens with one attached hydrogen (secondary N) is 1. The minimum atomic E-state index is -0.364. The number of rotatable bonds is 7. The van der Waals surface area contributed by atoms with Gasteiger partial charge in [-0.3, -0.25) is 10.1 Å². The molecule has 20 heavy (non-hydrogen) atoms. The van der Waals surface area contributed by atoms with Crippen LogP contribution in [0.25, 0.3) is 0 Å². The van der Waals surface area contributed by atoms with Crippen LogP contribution in [0.4, 0.5) is 11.5 Å². The number of hydrogen-bond donors (Lipinski definition) is 1. The third kappa shape index (κ3) is 2.95. The predicted molar refractivity (Wildman–Crippen MR) is 74.6 cm³/mol. The van der Waals surface area contributed by atoms with E-state index >= 15 is 0 Å². The monoisotopic (exact) mass is 278 g/mol. The lowest BCUT2D eigenvalue weighted by atomic mass is 10.2. The van der Waals surface area contributed by atoms with Gasteiger partial charge in [-0.15, -0.1) is 0 Å². The highest BCUT2D eigenvalue weighted by Gasteiger charge is 2.25. The highest BCUT2D eigenvalue weighted by Crippen LogP contribution is 2.28. The number of hydrogen-bond acceptors (Lipinski definition) is 5. The zero-order valence-electron chi connectivity index (χ0n) is 11.6. The summed E-state index contributed by atoms with van der Waals surface area (Å²) < 4.78 is 3.44. The Morgan fingerprint density at radius 3 is 2.90 bits per heavy atom. The summed E-state index contributed by atoms with van der Waals surface area (Å²) in [6, 6.07) is 0. The van der Waals surface area contributed by atoms with Crippen LogP contribution < -0.4 is 5.32 Å². The first-order chi connectivity index (χ1) is 9.63. The number of aryl methyl sites for hydroxylation is 2. The van der Waals surface area contributed by atoms with Gasteiger partial charge in [-0.2, -0.15) is 5.10 Å². The molecule has 0 aliphatic carbocycles. The minimum absolute atomic E-state index is 0.0833. The van der Waals surface area contributed by atoms with E-state index in [-0.39, 0.29) is 10.6 Å². The molecule has 2 aromatic rings. The summed E-state index contributed by atoms with van der Waals surface area (Å²) in [5, 5.41) is 18.5. The normalized spacial score (nSPS) is 10.7. The molecule has 0 aliphatic heterocycles. The molecular weight excluding hydrogens is 260 g/mol. The Morgan fingerprint density at radius 1 is 1.50 bits per heavy atom. The summed E-state index contributed by atoms with van der Waals surface area (Å²) in [7, 11) is 1.71. The van der Waals surface area contributed by atoms with Gasteiger partial charge in [0, 0.05) is 32.5 Å². The second kappa shape index (κ2) is 6.18. The largest absolute Gasteiger partial charge is 0.363 e. The highest BCUT2D eigenvalue weighted by molar-refractivity contribution is 5.59. The zero-order chi connectivity index (χ0) is 14.5. The van der Waals surface area contributed by atoms with E-state index in [1.807, 2.05) is 17.7 Å². The summed E-state index contributed by atoms with van der Waals surface area (Å²) in [6.45, 7) is 3.23. The van der Waals surface area contributed by atoms with E-state index < -0.39 is 0 Å². The van der Waals surface area contributed by atoms with Crippen molar-refractivity contribution >= 4 is 11.5 Å². The Labute approximate surface area is 116 Å².